The van der Waals surface area contributed by atoms with E-state index in [1.54, 1.807) is 7.11 Å². The third kappa shape index (κ3) is 1.18. The second-order valence-electron chi connectivity index (χ2n) is 3.31. The quantitative estimate of drug-likeness (QED) is 0.649. The summed E-state index contributed by atoms with van der Waals surface area (Å²) in [6, 6.07) is 6.22. The highest BCUT2D eigenvalue weighted by Gasteiger charge is 2.03. The van der Waals surface area contributed by atoms with Gasteiger partial charge in [-0.25, -0.2) is 0 Å². The summed E-state index contributed by atoms with van der Waals surface area (Å²) in [6.07, 6.45) is 2.07. The molecule has 0 radical (unpaired) electrons. The number of fused-ring (bicyclic) bond motifs is 1. The SMILES string of the molecule is COc1cc(C)c2c(ccn2C)c1. The lowest BCUT2D eigenvalue weighted by atomic mass is 10.1. The zero-order valence-corrected chi connectivity index (χ0v) is 8.16. The molecule has 2 rings (SSSR count). The van der Waals surface area contributed by atoms with Crippen molar-refractivity contribution in [1.82, 2.24) is 4.57 Å². The lowest BCUT2D eigenvalue weighted by Gasteiger charge is -2.04. The van der Waals surface area contributed by atoms with Gasteiger partial charge in [-0.2, -0.15) is 0 Å². The average molecular weight is 175 g/mol. The van der Waals surface area contributed by atoms with Gasteiger partial charge in [0.15, 0.2) is 0 Å². The molecule has 1 aromatic heterocycles. The number of hydrogen-bond acceptors (Lipinski definition) is 1. The maximum absolute atomic E-state index is 5.20. The summed E-state index contributed by atoms with van der Waals surface area (Å²) < 4.78 is 7.33. The lowest BCUT2D eigenvalue weighted by molar-refractivity contribution is 0.415. The minimum absolute atomic E-state index is 0.927. The normalized spacial score (nSPS) is 10.7. The lowest BCUT2D eigenvalue weighted by Crippen LogP contribution is -1.89. The highest BCUT2D eigenvalue weighted by atomic mass is 16.5. The summed E-state index contributed by atoms with van der Waals surface area (Å²) in [7, 11) is 3.76. The van der Waals surface area contributed by atoms with Crippen molar-refractivity contribution in [2.45, 2.75) is 6.92 Å². The minimum atomic E-state index is 0.927. The van der Waals surface area contributed by atoms with Gasteiger partial charge in [-0.05, 0) is 30.7 Å². The molecule has 0 bridgehead atoms. The second-order valence-corrected chi connectivity index (χ2v) is 3.31. The molecule has 0 aliphatic heterocycles. The predicted molar refractivity (Wildman–Crippen MR) is 54.2 cm³/mol. The maximum Gasteiger partial charge on any atom is 0.119 e. The summed E-state index contributed by atoms with van der Waals surface area (Å²) >= 11 is 0. The number of rotatable bonds is 1. The van der Waals surface area contributed by atoms with Crippen LogP contribution >= 0.6 is 0 Å². The van der Waals surface area contributed by atoms with E-state index in [9.17, 15) is 0 Å². The first-order valence-electron chi connectivity index (χ1n) is 4.32. The standard InChI is InChI=1S/C11H13NO/c1-8-6-10(13-3)7-9-4-5-12(2)11(8)9/h4-7H,1-3H3. The minimum Gasteiger partial charge on any atom is -0.497 e. The van der Waals surface area contributed by atoms with Crippen molar-refractivity contribution in [2.75, 3.05) is 7.11 Å². The van der Waals surface area contributed by atoms with Crippen LogP contribution in [0.2, 0.25) is 0 Å². The van der Waals surface area contributed by atoms with Gasteiger partial charge in [0.25, 0.3) is 0 Å². The fourth-order valence-electron chi connectivity index (χ4n) is 1.77. The van der Waals surface area contributed by atoms with Crippen LogP contribution in [0, 0.1) is 6.92 Å². The van der Waals surface area contributed by atoms with Crippen molar-refractivity contribution in [3.63, 3.8) is 0 Å². The van der Waals surface area contributed by atoms with E-state index in [2.05, 4.69) is 42.9 Å². The Morgan fingerprint density at radius 1 is 1.31 bits per heavy atom. The molecule has 0 spiro atoms. The Balaban J connectivity index is 2.79. The first-order chi connectivity index (χ1) is 6.22. The fraction of sp³-hybridized carbons (Fsp3) is 0.273. The van der Waals surface area contributed by atoms with Crippen molar-refractivity contribution in [3.8, 4) is 5.75 Å². The van der Waals surface area contributed by atoms with E-state index in [4.69, 9.17) is 4.74 Å². The van der Waals surface area contributed by atoms with Crippen LogP contribution in [0.4, 0.5) is 0 Å². The molecule has 0 unspecified atom stereocenters. The van der Waals surface area contributed by atoms with Gasteiger partial charge in [-0.3, -0.25) is 0 Å². The maximum atomic E-state index is 5.20. The van der Waals surface area contributed by atoms with E-state index in [1.165, 1.54) is 16.5 Å². The molecule has 0 saturated carbocycles. The Bertz CT molecular complexity index is 443. The second kappa shape index (κ2) is 2.80. The summed E-state index contributed by atoms with van der Waals surface area (Å²) in [5.41, 5.74) is 2.53. The number of aromatic nitrogens is 1. The largest absolute Gasteiger partial charge is 0.497 e. The summed E-state index contributed by atoms with van der Waals surface area (Å²) in [5.74, 6) is 0.927. The van der Waals surface area contributed by atoms with E-state index < -0.39 is 0 Å². The van der Waals surface area contributed by atoms with Crippen LogP contribution in [0.25, 0.3) is 10.9 Å². The van der Waals surface area contributed by atoms with Crippen molar-refractivity contribution < 1.29 is 4.74 Å². The Morgan fingerprint density at radius 2 is 2.08 bits per heavy atom. The molecule has 0 saturated heterocycles. The van der Waals surface area contributed by atoms with E-state index in [0.717, 1.165) is 5.75 Å². The van der Waals surface area contributed by atoms with Crippen LogP contribution in [0.5, 0.6) is 5.75 Å². The summed E-state index contributed by atoms with van der Waals surface area (Å²) in [6.45, 7) is 2.10. The number of benzene rings is 1. The monoisotopic (exact) mass is 175 g/mol. The summed E-state index contributed by atoms with van der Waals surface area (Å²) in [4.78, 5) is 0. The van der Waals surface area contributed by atoms with Crippen molar-refractivity contribution in [3.05, 3.63) is 30.0 Å². The third-order valence-electron chi connectivity index (χ3n) is 2.37. The van der Waals surface area contributed by atoms with Crippen LogP contribution in [0.15, 0.2) is 24.4 Å². The number of hydrogen-bond donors (Lipinski definition) is 0. The van der Waals surface area contributed by atoms with E-state index in [1.807, 2.05) is 0 Å². The molecule has 0 aliphatic carbocycles. The number of ether oxygens (including phenoxy) is 1. The number of methoxy groups -OCH3 is 1. The molecular formula is C11H13NO. The van der Waals surface area contributed by atoms with Crippen LogP contribution < -0.4 is 4.74 Å². The molecule has 0 fully saturated rings. The first kappa shape index (κ1) is 8.17. The topological polar surface area (TPSA) is 14.2 Å². The molecule has 68 valence electrons. The van der Waals surface area contributed by atoms with Gasteiger partial charge in [0.1, 0.15) is 5.75 Å². The van der Waals surface area contributed by atoms with Gasteiger partial charge < -0.3 is 9.30 Å². The van der Waals surface area contributed by atoms with Gasteiger partial charge >= 0.3 is 0 Å². The number of aryl methyl sites for hydroxylation is 2. The molecule has 0 aliphatic rings. The fourth-order valence-corrected chi connectivity index (χ4v) is 1.77. The van der Waals surface area contributed by atoms with Gasteiger partial charge in [-0.15, -0.1) is 0 Å². The predicted octanol–water partition coefficient (Wildman–Crippen LogP) is 2.50. The highest BCUT2D eigenvalue weighted by Crippen LogP contribution is 2.24. The van der Waals surface area contributed by atoms with Gasteiger partial charge in [-0.1, -0.05) is 0 Å². The molecule has 1 aromatic carbocycles. The highest BCUT2D eigenvalue weighted by molar-refractivity contribution is 5.84. The molecule has 2 nitrogen and oxygen atoms in total. The van der Waals surface area contributed by atoms with Crippen molar-refractivity contribution in [1.29, 1.82) is 0 Å². The van der Waals surface area contributed by atoms with E-state index >= 15 is 0 Å². The zero-order chi connectivity index (χ0) is 9.42. The van der Waals surface area contributed by atoms with E-state index in [-0.39, 0.29) is 0 Å². The van der Waals surface area contributed by atoms with Crippen molar-refractivity contribution >= 4 is 10.9 Å². The first-order valence-corrected chi connectivity index (χ1v) is 4.32. The molecule has 0 amide bonds. The third-order valence-corrected chi connectivity index (χ3v) is 2.37. The Hall–Kier alpha value is -1.44. The van der Waals surface area contributed by atoms with Crippen LogP contribution in [0.3, 0.4) is 0 Å². The summed E-state index contributed by atoms with van der Waals surface area (Å²) in [5, 5.41) is 1.24. The smallest absolute Gasteiger partial charge is 0.119 e. The molecule has 0 N–H and O–H groups in total. The van der Waals surface area contributed by atoms with Crippen LogP contribution in [-0.4, -0.2) is 11.7 Å². The molecule has 0 atom stereocenters. The van der Waals surface area contributed by atoms with Gasteiger partial charge in [0, 0.05) is 18.6 Å². The van der Waals surface area contributed by atoms with Crippen LogP contribution in [-0.2, 0) is 7.05 Å². The van der Waals surface area contributed by atoms with Gasteiger partial charge in [0.2, 0.25) is 0 Å². The number of nitrogens with zero attached hydrogens (tertiary/aromatic N) is 1. The molecular weight excluding hydrogens is 162 g/mol. The van der Waals surface area contributed by atoms with Crippen molar-refractivity contribution in [2.24, 2.45) is 7.05 Å². The average Bonchev–Trinajstić information content (AvgIpc) is 2.48. The Morgan fingerprint density at radius 3 is 2.77 bits per heavy atom. The van der Waals surface area contributed by atoms with Gasteiger partial charge in [0.05, 0.1) is 12.6 Å². The van der Waals surface area contributed by atoms with Crippen LogP contribution in [0.1, 0.15) is 5.56 Å². The van der Waals surface area contributed by atoms with E-state index in [0.29, 0.717) is 0 Å². The molecule has 2 aromatic rings. The molecule has 13 heavy (non-hydrogen) atoms. The Labute approximate surface area is 77.7 Å². The zero-order valence-electron chi connectivity index (χ0n) is 8.16. The molecule has 2 heteroatoms. The molecule has 1 heterocycles. The Kier molecular flexibility index (Phi) is 1.76.